The molecule has 0 aromatic carbocycles. The molecule has 204 valence electrons. The van der Waals surface area contributed by atoms with Gasteiger partial charge in [-0.15, -0.1) is 0 Å². The molecule has 0 unspecified atom stereocenters. The molecule has 12 heteroatoms. The number of anilines is 2. The first-order chi connectivity index (χ1) is 18.7. The summed E-state index contributed by atoms with van der Waals surface area (Å²) in [6.45, 7) is 9.04. The Morgan fingerprint density at radius 3 is 2.56 bits per heavy atom. The summed E-state index contributed by atoms with van der Waals surface area (Å²) in [6, 6.07) is 5.42. The Bertz CT molecular complexity index is 1540. The van der Waals surface area contributed by atoms with Crippen LogP contribution in [-0.2, 0) is 0 Å². The minimum Gasteiger partial charge on any atom is -0.479 e. The number of imidazole rings is 1. The lowest BCUT2D eigenvalue weighted by Crippen LogP contribution is -2.43. The highest BCUT2D eigenvalue weighted by Gasteiger charge is 2.24. The summed E-state index contributed by atoms with van der Waals surface area (Å²) in [6.07, 6.45) is 2.66. The number of halogens is 1. The van der Waals surface area contributed by atoms with Gasteiger partial charge in [-0.3, -0.25) is 4.79 Å². The molecule has 11 nitrogen and oxygen atoms in total. The van der Waals surface area contributed by atoms with Crippen molar-refractivity contribution in [2.24, 2.45) is 5.73 Å². The van der Waals surface area contributed by atoms with Crippen LogP contribution < -0.4 is 15.8 Å². The van der Waals surface area contributed by atoms with Gasteiger partial charge in [0.05, 0.1) is 35.8 Å². The highest BCUT2D eigenvalue weighted by molar-refractivity contribution is 5.95. The van der Waals surface area contributed by atoms with E-state index in [1.54, 1.807) is 30.0 Å². The molecule has 1 aliphatic heterocycles. The number of rotatable bonds is 6. The van der Waals surface area contributed by atoms with E-state index in [-0.39, 0.29) is 41.2 Å². The maximum atomic E-state index is 15.0. The van der Waals surface area contributed by atoms with Crippen LogP contribution in [0, 0.1) is 19.7 Å². The summed E-state index contributed by atoms with van der Waals surface area (Å²) >= 11 is 0. The highest BCUT2D eigenvalue weighted by Crippen LogP contribution is 2.32. The lowest BCUT2D eigenvalue weighted by Gasteiger charge is -2.30. The normalized spacial score (nSPS) is 14.3. The van der Waals surface area contributed by atoms with E-state index in [2.05, 4.69) is 30.2 Å². The van der Waals surface area contributed by atoms with E-state index >= 15 is 0 Å². The maximum Gasteiger partial charge on any atom is 0.255 e. The van der Waals surface area contributed by atoms with Gasteiger partial charge < -0.3 is 25.3 Å². The van der Waals surface area contributed by atoms with E-state index in [0.29, 0.717) is 35.7 Å². The first kappa shape index (κ1) is 26.4. The summed E-state index contributed by atoms with van der Waals surface area (Å²) in [7, 11) is 1.50. The Morgan fingerprint density at radius 1 is 1.15 bits per heavy atom. The molecular formula is C27H32FN9O2. The molecule has 1 amide bonds. The van der Waals surface area contributed by atoms with Gasteiger partial charge in [0.15, 0.2) is 11.3 Å². The molecule has 0 spiro atoms. The smallest absolute Gasteiger partial charge is 0.255 e. The van der Waals surface area contributed by atoms with Crippen molar-refractivity contribution in [3.05, 3.63) is 47.3 Å². The zero-order valence-corrected chi connectivity index (χ0v) is 22.7. The van der Waals surface area contributed by atoms with E-state index in [0.717, 1.165) is 30.4 Å². The van der Waals surface area contributed by atoms with Gasteiger partial charge in [-0.2, -0.15) is 0 Å². The molecule has 0 radical (unpaired) electrons. The predicted molar refractivity (Wildman–Crippen MR) is 146 cm³/mol. The molecule has 4 aromatic heterocycles. The number of aromatic nitrogens is 6. The summed E-state index contributed by atoms with van der Waals surface area (Å²) in [5, 5.41) is 3.02. The van der Waals surface area contributed by atoms with Crippen LogP contribution in [0.25, 0.3) is 22.4 Å². The number of fused-ring (bicyclic) bond motifs is 1. The second kappa shape index (κ2) is 10.5. The van der Waals surface area contributed by atoms with Gasteiger partial charge >= 0.3 is 0 Å². The second-order valence-electron chi connectivity index (χ2n) is 9.98. The number of nitrogens with two attached hydrogens (primary N) is 1. The molecule has 1 saturated heterocycles. The van der Waals surface area contributed by atoms with Crippen LogP contribution in [-0.4, -0.2) is 66.5 Å². The fourth-order valence-electron chi connectivity index (χ4n) is 4.95. The van der Waals surface area contributed by atoms with Crippen LogP contribution >= 0.6 is 0 Å². The minimum atomic E-state index is -0.631. The largest absolute Gasteiger partial charge is 0.479 e. The molecule has 1 aliphatic rings. The van der Waals surface area contributed by atoms with Gasteiger partial charge in [0, 0.05) is 25.2 Å². The van der Waals surface area contributed by atoms with Crippen molar-refractivity contribution in [3.8, 4) is 17.3 Å². The van der Waals surface area contributed by atoms with Gasteiger partial charge in [0.25, 0.3) is 5.91 Å². The minimum absolute atomic E-state index is 0.00804. The number of pyridine rings is 2. The number of hydrogen-bond acceptors (Lipinski definition) is 9. The molecule has 0 aliphatic carbocycles. The van der Waals surface area contributed by atoms with E-state index < -0.39 is 5.82 Å². The average Bonchev–Trinajstić information content (AvgIpc) is 3.25. The topological polar surface area (TPSA) is 137 Å². The van der Waals surface area contributed by atoms with E-state index in [1.165, 1.54) is 7.11 Å². The average molecular weight is 534 g/mol. The van der Waals surface area contributed by atoms with Crippen LogP contribution in [0.2, 0.25) is 0 Å². The van der Waals surface area contributed by atoms with Crippen molar-refractivity contribution < 1.29 is 13.9 Å². The monoisotopic (exact) mass is 533 g/mol. The number of carbonyl (C=O) groups is 1. The van der Waals surface area contributed by atoms with Crippen LogP contribution in [0.15, 0.2) is 24.4 Å². The summed E-state index contributed by atoms with van der Waals surface area (Å²) in [4.78, 5) is 36.9. The second-order valence-corrected chi connectivity index (χ2v) is 9.98. The summed E-state index contributed by atoms with van der Waals surface area (Å²) in [5.74, 6) is 0.951. The summed E-state index contributed by atoms with van der Waals surface area (Å²) < 4.78 is 22.5. The summed E-state index contributed by atoms with van der Waals surface area (Å²) in [5.41, 5.74) is 8.72. The van der Waals surface area contributed by atoms with Crippen LogP contribution in [0.5, 0.6) is 5.88 Å². The van der Waals surface area contributed by atoms with Crippen LogP contribution in [0.1, 0.15) is 54.6 Å². The molecule has 5 rings (SSSR count). The van der Waals surface area contributed by atoms with Crippen LogP contribution in [0.3, 0.4) is 0 Å². The highest BCUT2D eigenvalue weighted by atomic mass is 19.1. The van der Waals surface area contributed by atoms with Gasteiger partial charge in [-0.25, -0.2) is 29.3 Å². The fourth-order valence-corrected chi connectivity index (χ4v) is 4.95. The van der Waals surface area contributed by atoms with Crippen molar-refractivity contribution in [1.82, 2.24) is 34.4 Å². The number of ether oxygens (including phenoxy) is 1. The zero-order chi connectivity index (χ0) is 27.8. The zero-order valence-electron chi connectivity index (χ0n) is 22.7. The van der Waals surface area contributed by atoms with Gasteiger partial charge in [0.2, 0.25) is 11.8 Å². The number of piperidine rings is 1. The third kappa shape index (κ3) is 5.11. The van der Waals surface area contributed by atoms with Crippen molar-refractivity contribution in [1.29, 1.82) is 0 Å². The van der Waals surface area contributed by atoms with Gasteiger partial charge in [0.1, 0.15) is 17.3 Å². The van der Waals surface area contributed by atoms with Crippen molar-refractivity contribution in [3.63, 3.8) is 0 Å². The lowest BCUT2D eigenvalue weighted by atomic mass is 10.0. The van der Waals surface area contributed by atoms with E-state index in [9.17, 15) is 9.18 Å². The molecule has 0 bridgehead atoms. The van der Waals surface area contributed by atoms with Crippen LogP contribution in [0.4, 0.5) is 16.2 Å². The van der Waals surface area contributed by atoms with Gasteiger partial charge in [-0.05, 0) is 58.7 Å². The quantitative estimate of drug-likeness (QED) is 0.377. The molecular weight excluding hydrogens is 501 g/mol. The molecule has 3 N–H and O–H groups in total. The standard InChI is InChI=1S/C27H32FN9O2/c1-14(2)37-16(4)32-24-21(37)12-20(33-25(24)39-5)23-19(28)13-30-27(35-23)34-22-7-6-18(15(3)31-22)26(38)36-10-8-17(29)9-11-36/h6-7,12-14,17H,8-11,29H2,1-5H3,(H,30,31,34,35). The molecule has 1 fully saturated rings. The number of methoxy groups -OCH3 is 1. The molecule has 39 heavy (non-hydrogen) atoms. The molecule has 0 saturated carbocycles. The number of nitrogens with one attached hydrogen (secondary N) is 1. The van der Waals surface area contributed by atoms with E-state index in [1.807, 2.05) is 25.3 Å². The Hall–Kier alpha value is -4.19. The Kier molecular flexibility index (Phi) is 7.13. The van der Waals surface area contributed by atoms with Crippen molar-refractivity contribution in [2.75, 3.05) is 25.5 Å². The van der Waals surface area contributed by atoms with Crippen molar-refractivity contribution >= 4 is 28.7 Å². The predicted octanol–water partition coefficient (Wildman–Crippen LogP) is 3.94. The number of aryl methyl sites for hydroxylation is 2. The third-order valence-electron chi connectivity index (χ3n) is 6.90. The first-order valence-corrected chi connectivity index (χ1v) is 12.9. The third-order valence-corrected chi connectivity index (χ3v) is 6.90. The van der Waals surface area contributed by atoms with E-state index in [4.69, 9.17) is 10.5 Å². The number of amides is 1. The number of nitrogens with zero attached hydrogens (tertiary/aromatic N) is 7. The number of carbonyl (C=O) groups excluding carboxylic acids is 1. The SMILES string of the molecule is COc1nc(-c2nc(Nc3ccc(C(=O)N4CCC(N)CC4)c(C)n3)ncc2F)cc2c1nc(C)n2C(C)C. The molecule has 0 atom stereocenters. The molecule has 5 heterocycles. The Labute approximate surface area is 225 Å². The Balaban J connectivity index is 1.44. The van der Waals surface area contributed by atoms with Gasteiger partial charge in [-0.1, -0.05) is 0 Å². The fraction of sp³-hybridized carbons (Fsp3) is 0.407. The van der Waals surface area contributed by atoms with Crippen molar-refractivity contribution in [2.45, 2.75) is 52.6 Å². The lowest BCUT2D eigenvalue weighted by molar-refractivity contribution is 0.0713. The number of likely N-dealkylation sites (tertiary alicyclic amines) is 1. The molecule has 4 aromatic rings. The maximum absolute atomic E-state index is 15.0. The first-order valence-electron chi connectivity index (χ1n) is 12.9. The number of hydrogen-bond donors (Lipinski definition) is 2. The Morgan fingerprint density at radius 2 is 1.90 bits per heavy atom.